The number of alkyl halides is 2. The van der Waals surface area contributed by atoms with Gasteiger partial charge in [-0.3, -0.25) is 9.59 Å². The topological polar surface area (TPSA) is 76.1 Å². The Labute approximate surface area is 227 Å². The molecule has 1 aliphatic carbocycles. The smallest absolute Gasteiger partial charge is 0.270 e. The Balaban J connectivity index is 1.18. The van der Waals surface area contributed by atoms with E-state index in [9.17, 15) is 23.5 Å². The first-order valence-corrected chi connectivity index (χ1v) is 14.0. The molecule has 2 amide bonds. The minimum atomic E-state index is -2.87. The maximum absolute atomic E-state index is 14.7. The molecule has 2 aromatic rings. The van der Waals surface area contributed by atoms with Gasteiger partial charge in [0, 0.05) is 56.3 Å². The number of halogens is 2. The van der Waals surface area contributed by atoms with Gasteiger partial charge in [-0.2, -0.15) is 0 Å². The number of β-amino-alcohol motifs (C(OH)–C–C–N with tert-alkyl or cyclic N) is 1. The van der Waals surface area contributed by atoms with Gasteiger partial charge >= 0.3 is 0 Å². The molecule has 6 rings (SSSR count). The number of likely N-dealkylation sites (N-methyl/N-ethyl adjacent to an activating group) is 1. The number of piperidine rings is 1. The summed E-state index contributed by atoms with van der Waals surface area (Å²) < 4.78 is 29.5. The van der Waals surface area contributed by atoms with Crippen LogP contribution in [0.3, 0.4) is 0 Å². The van der Waals surface area contributed by atoms with Gasteiger partial charge in [-0.05, 0) is 61.9 Å². The summed E-state index contributed by atoms with van der Waals surface area (Å²) in [5, 5.41) is 14.5. The summed E-state index contributed by atoms with van der Waals surface area (Å²) in [4.78, 5) is 31.9. The highest BCUT2D eigenvalue weighted by Gasteiger charge is 2.64. The van der Waals surface area contributed by atoms with E-state index < -0.39 is 29.9 Å². The number of fused-ring (bicyclic) bond motifs is 2. The van der Waals surface area contributed by atoms with Gasteiger partial charge in [0.05, 0.1) is 23.9 Å². The number of hydrogen-bond acceptors (Lipinski definition) is 5. The molecule has 2 aromatic carbocycles. The fourth-order valence-electron chi connectivity index (χ4n) is 6.49. The highest BCUT2D eigenvalue weighted by atomic mass is 19.3. The van der Waals surface area contributed by atoms with Crippen LogP contribution in [0.25, 0.3) is 0 Å². The summed E-state index contributed by atoms with van der Waals surface area (Å²) in [7, 11) is 0. The summed E-state index contributed by atoms with van der Waals surface area (Å²) in [5.74, 6) is -3.48. The average molecular weight is 539 g/mol. The highest BCUT2D eigenvalue weighted by Crippen LogP contribution is 2.61. The summed E-state index contributed by atoms with van der Waals surface area (Å²) >= 11 is 0. The molecule has 1 saturated carbocycles. The van der Waals surface area contributed by atoms with E-state index in [1.807, 2.05) is 24.0 Å². The largest absolute Gasteiger partial charge is 0.390 e. The van der Waals surface area contributed by atoms with Crippen molar-refractivity contribution in [3.05, 3.63) is 64.7 Å². The lowest BCUT2D eigenvalue weighted by Crippen LogP contribution is -2.51. The lowest BCUT2D eigenvalue weighted by atomic mass is 9.89. The van der Waals surface area contributed by atoms with Crippen molar-refractivity contribution in [2.75, 3.05) is 44.2 Å². The molecule has 0 aromatic heterocycles. The number of rotatable bonds is 5. The van der Waals surface area contributed by atoms with Crippen molar-refractivity contribution < 1.29 is 23.5 Å². The third kappa shape index (κ3) is 4.69. The second kappa shape index (κ2) is 9.86. The molecule has 9 heteroatoms. The van der Waals surface area contributed by atoms with E-state index in [2.05, 4.69) is 17.4 Å². The molecule has 1 saturated heterocycles. The molecule has 4 aliphatic rings. The monoisotopic (exact) mass is 538 g/mol. The third-order valence-corrected chi connectivity index (χ3v) is 9.28. The Kier molecular flexibility index (Phi) is 6.62. The number of aliphatic hydroxyl groups is 1. The molecule has 3 heterocycles. The van der Waals surface area contributed by atoms with Crippen molar-refractivity contribution in [2.45, 2.75) is 57.2 Å². The summed E-state index contributed by atoms with van der Waals surface area (Å²) in [6.07, 6.45) is 1.34. The van der Waals surface area contributed by atoms with Crippen LogP contribution in [0.2, 0.25) is 0 Å². The molecule has 2 N–H and O–H groups in total. The first kappa shape index (κ1) is 26.2. The first-order valence-electron chi connectivity index (χ1n) is 14.0. The van der Waals surface area contributed by atoms with Crippen molar-refractivity contribution >= 4 is 17.5 Å². The summed E-state index contributed by atoms with van der Waals surface area (Å²) in [5.41, 5.74) is 2.94. The lowest BCUT2D eigenvalue weighted by molar-refractivity contribution is -0.116. The molecular weight excluding hydrogens is 502 g/mol. The number of anilines is 1. The molecule has 39 heavy (non-hydrogen) atoms. The van der Waals surface area contributed by atoms with E-state index in [1.165, 1.54) is 16.0 Å². The molecule has 1 spiro atoms. The lowest BCUT2D eigenvalue weighted by Gasteiger charge is -2.39. The number of hydrogen-bond donors (Lipinski definition) is 2. The Morgan fingerprint density at radius 1 is 1.08 bits per heavy atom. The fourth-order valence-corrected chi connectivity index (χ4v) is 6.49. The van der Waals surface area contributed by atoms with E-state index in [1.54, 1.807) is 23.1 Å². The Morgan fingerprint density at radius 3 is 2.54 bits per heavy atom. The van der Waals surface area contributed by atoms with Gasteiger partial charge in [-0.15, -0.1) is 0 Å². The number of likely N-dealkylation sites (tertiary alicyclic amines) is 1. The van der Waals surface area contributed by atoms with Crippen LogP contribution in [-0.4, -0.2) is 84.1 Å². The summed E-state index contributed by atoms with van der Waals surface area (Å²) in [6.45, 7) is 4.24. The minimum absolute atomic E-state index is 0.157. The molecule has 208 valence electrons. The number of aliphatic hydroxyl groups excluding tert-OH is 1. The second-order valence-corrected chi connectivity index (χ2v) is 11.6. The highest BCUT2D eigenvalue weighted by molar-refractivity contribution is 6.03. The minimum Gasteiger partial charge on any atom is -0.390 e. The van der Waals surface area contributed by atoms with Crippen LogP contribution in [-0.2, 0) is 13.0 Å². The van der Waals surface area contributed by atoms with Gasteiger partial charge in [0.25, 0.3) is 17.7 Å². The van der Waals surface area contributed by atoms with Gasteiger partial charge in [0.2, 0.25) is 0 Å². The van der Waals surface area contributed by atoms with Gasteiger partial charge < -0.3 is 25.1 Å². The molecule has 0 unspecified atom stereocenters. The molecule has 2 fully saturated rings. The van der Waals surface area contributed by atoms with E-state index in [-0.39, 0.29) is 18.5 Å². The van der Waals surface area contributed by atoms with Gasteiger partial charge in [-0.25, -0.2) is 8.78 Å². The van der Waals surface area contributed by atoms with Crippen LogP contribution in [0.1, 0.15) is 58.0 Å². The first-order chi connectivity index (χ1) is 18.7. The Morgan fingerprint density at radius 2 is 1.82 bits per heavy atom. The second-order valence-electron chi connectivity index (χ2n) is 11.6. The van der Waals surface area contributed by atoms with E-state index >= 15 is 0 Å². The fraction of sp³-hybridized carbons (Fsp3) is 0.533. The Hall–Kier alpha value is -3.04. The van der Waals surface area contributed by atoms with E-state index in [0.29, 0.717) is 75.2 Å². The standard InChI is InChI=1S/C30H36F2N4O3/c1-2-34-13-14-35(18-26(37)24-15-20-5-3-4-6-22(20)17-33-24)28(39)23-8-7-21(16-25(23)34)27(38)36-12-11-29(9-10-29)30(31,32)19-36/h3-8,16,24,26,33,37H,2,9-15,17-19H2,1H3/t24-,26+/m0/s1. The molecule has 0 radical (unpaired) electrons. The number of benzene rings is 2. The van der Waals surface area contributed by atoms with Crippen LogP contribution in [0, 0.1) is 5.41 Å². The molecular formula is C30H36F2N4O3. The van der Waals surface area contributed by atoms with Gasteiger partial charge in [-0.1, -0.05) is 24.3 Å². The number of nitrogens with zero attached hydrogens (tertiary/aromatic N) is 3. The Bertz CT molecular complexity index is 1280. The molecule has 3 aliphatic heterocycles. The maximum atomic E-state index is 14.7. The predicted molar refractivity (Wildman–Crippen MR) is 144 cm³/mol. The summed E-state index contributed by atoms with van der Waals surface area (Å²) in [6, 6.07) is 12.9. The predicted octanol–water partition coefficient (Wildman–Crippen LogP) is 3.31. The molecule has 7 nitrogen and oxygen atoms in total. The zero-order valence-corrected chi connectivity index (χ0v) is 22.3. The van der Waals surface area contributed by atoms with Crippen LogP contribution < -0.4 is 10.2 Å². The van der Waals surface area contributed by atoms with Gasteiger partial charge in [0.15, 0.2) is 0 Å². The van der Waals surface area contributed by atoms with E-state index in [0.717, 1.165) is 0 Å². The van der Waals surface area contributed by atoms with Crippen LogP contribution >= 0.6 is 0 Å². The third-order valence-electron chi connectivity index (χ3n) is 9.28. The normalized spacial score (nSPS) is 24.2. The van der Waals surface area contributed by atoms with Crippen molar-refractivity contribution in [2.24, 2.45) is 5.41 Å². The van der Waals surface area contributed by atoms with E-state index in [4.69, 9.17) is 0 Å². The maximum Gasteiger partial charge on any atom is 0.270 e. The number of carbonyl (C=O) groups is 2. The number of carbonyl (C=O) groups excluding carboxylic acids is 2. The van der Waals surface area contributed by atoms with Crippen molar-refractivity contribution in [3.63, 3.8) is 0 Å². The van der Waals surface area contributed by atoms with Crippen LogP contribution in [0.4, 0.5) is 14.5 Å². The van der Waals surface area contributed by atoms with Gasteiger partial charge in [0.1, 0.15) is 0 Å². The number of amides is 2. The zero-order valence-electron chi connectivity index (χ0n) is 22.3. The number of nitrogens with one attached hydrogen (secondary N) is 1. The quantitative estimate of drug-likeness (QED) is 0.611. The molecule has 2 atom stereocenters. The molecule has 0 bridgehead atoms. The van der Waals surface area contributed by atoms with Crippen LogP contribution in [0.15, 0.2) is 42.5 Å². The van der Waals surface area contributed by atoms with Crippen LogP contribution in [0.5, 0.6) is 0 Å². The van der Waals surface area contributed by atoms with Crippen molar-refractivity contribution in [1.82, 2.24) is 15.1 Å². The van der Waals surface area contributed by atoms with Crippen molar-refractivity contribution in [1.29, 1.82) is 0 Å². The van der Waals surface area contributed by atoms with Crippen molar-refractivity contribution in [3.8, 4) is 0 Å². The zero-order chi connectivity index (χ0) is 27.4. The SMILES string of the molecule is CCN1CCN(C[C@@H](O)[C@@H]2Cc3ccccc3CN2)C(=O)c2ccc(C(=O)N3CCC4(CC4)C(F)(F)C3)cc21. The average Bonchev–Trinajstić information content (AvgIpc) is 3.75.